The van der Waals surface area contributed by atoms with Gasteiger partial charge in [0.15, 0.2) is 5.75 Å². The lowest BCUT2D eigenvalue weighted by molar-refractivity contribution is 0.0691. The maximum absolute atomic E-state index is 12.6. The number of nitrogens with one attached hydrogen (secondary N) is 1. The summed E-state index contributed by atoms with van der Waals surface area (Å²) in [5.74, 6) is -0.775. The highest BCUT2D eigenvalue weighted by Crippen LogP contribution is 2.35. The molecule has 2 heterocycles. The van der Waals surface area contributed by atoms with Crippen molar-refractivity contribution in [1.29, 1.82) is 0 Å². The second-order valence-electron chi connectivity index (χ2n) is 4.98. The Balaban J connectivity index is 1.91. The van der Waals surface area contributed by atoms with Crippen LogP contribution in [-0.4, -0.2) is 61.3 Å². The van der Waals surface area contributed by atoms with Crippen LogP contribution in [0.3, 0.4) is 0 Å². The minimum Gasteiger partial charge on any atom is -0.489 e. The standard InChI is InChI=1S/C14H17N3O4/c18-13(19)10-2-1-3-11-12(10)21-9-8-17(11)14(20)16-6-4-15-5-7-16/h1-3,15H,4-9H2,(H,18,19). The number of hydrogen-bond acceptors (Lipinski definition) is 4. The van der Waals surface area contributed by atoms with Gasteiger partial charge in [-0.05, 0) is 12.1 Å². The molecular weight excluding hydrogens is 274 g/mol. The number of piperazine rings is 1. The van der Waals surface area contributed by atoms with Crippen LogP contribution in [0.15, 0.2) is 18.2 Å². The van der Waals surface area contributed by atoms with Crippen LogP contribution in [0, 0.1) is 0 Å². The molecule has 1 aromatic carbocycles. The molecule has 7 nitrogen and oxygen atoms in total. The SMILES string of the molecule is O=C(O)c1cccc2c1OCCN2C(=O)N1CCNCC1. The van der Waals surface area contributed by atoms with E-state index in [0.717, 1.165) is 13.1 Å². The molecule has 21 heavy (non-hydrogen) atoms. The van der Waals surface area contributed by atoms with E-state index in [1.165, 1.54) is 6.07 Å². The largest absolute Gasteiger partial charge is 0.489 e. The molecule has 1 fully saturated rings. The third-order valence-electron chi connectivity index (χ3n) is 3.70. The van der Waals surface area contributed by atoms with Crippen LogP contribution < -0.4 is 15.0 Å². The number of carboxylic acids is 1. The summed E-state index contributed by atoms with van der Waals surface area (Å²) < 4.78 is 5.48. The molecule has 2 aliphatic rings. The van der Waals surface area contributed by atoms with Crippen LogP contribution in [0.2, 0.25) is 0 Å². The summed E-state index contributed by atoms with van der Waals surface area (Å²) in [5, 5.41) is 12.4. The van der Waals surface area contributed by atoms with E-state index >= 15 is 0 Å². The second kappa shape index (κ2) is 5.61. The molecule has 0 spiro atoms. The van der Waals surface area contributed by atoms with Gasteiger partial charge in [-0.2, -0.15) is 0 Å². The number of carbonyl (C=O) groups excluding carboxylic acids is 1. The first-order valence-electron chi connectivity index (χ1n) is 6.95. The number of urea groups is 1. The van der Waals surface area contributed by atoms with Crippen molar-refractivity contribution in [2.75, 3.05) is 44.2 Å². The quantitative estimate of drug-likeness (QED) is 0.792. The zero-order valence-corrected chi connectivity index (χ0v) is 11.5. The number of fused-ring (bicyclic) bond motifs is 1. The average molecular weight is 291 g/mol. The van der Waals surface area contributed by atoms with Crippen molar-refractivity contribution < 1.29 is 19.4 Å². The third kappa shape index (κ3) is 2.52. The van der Waals surface area contributed by atoms with E-state index in [0.29, 0.717) is 31.9 Å². The van der Waals surface area contributed by atoms with Crippen molar-refractivity contribution in [3.8, 4) is 5.75 Å². The number of anilines is 1. The van der Waals surface area contributed by atoms with Crippen LogP contribution in [0.5, 0.6) is 5.75 Å². The molecule has 0 bridgehead atoms. The van der Waals surface area contributed by atoms with Gasteiger partial charge in [0.25, 0.3) is 0 Å². The van der Waals surface area contributed by atoms with Crippen LogP contribution >= 0.6 is 0 Å². The summed E-state index contributed by atoms with van der Waals surface area (Å²) in [6.45, 7) is 3.60. The predicted molar refractivity (Wildman–Crippen MR) is 76.1 cm³/mol. The maximum Gasteiger partial charge on any atom is 0.339 e. The monoisotopic (exact) mass is 291 g/mol. The molecule has 2 N–H and O–H groups in total. The first-order chi connectivity index (χ1) is 10.2. The van der Waals surface area contributed by atoms with Crippen molar-refractivity contribution in [3.63, 3.8) is 0 Å². The highest BCUT2D eigenvalue weighted by molar-refractivity contribution is 5.99. The molecular formula is C14H17N3O4. The summed E-state index contributed by atoms with van der Waals surface area (Å²) in [7, 11) is 0. The Bertz CT molecular complexity index is 569. The number of hydrogen-bond donors (Lipinski definition) is 2. The van der Waals surface area contributed by atoms with E-state index in [1.54, 1.807) is 21.9 Å². The molecule has 2 amide bonds. The molecule has 2 aliphatic heterocycles. The lowest BCUT2D eigenvalue weighted by atomic mass is 10.1. The molecule has 7 heteroatoms. The number of nitrogens with zero attached hydrogens (tertiary/aromatic N) is 2. The fourth-order valence-electron chi connectivity index (χ4n) is 2.64. The first kappa shape index (κ1) is 13.7. The Morgan fingerprint density at radius 1 is 1.19 bits per heavy atom. The number of amides is 2. The van der Waals surface area contributed by atoms with E-state index in [1.807, 2.05) is 0 Å². The number of carbonyl (C=O) groups is 2. The van der Waals surface area contributed by atoms with E-state index in [9.17, 15) is 14.7 Å². The average Bonchev–Trinajstić information content (AvgIpc) is 2.53. The Hall–Kier alpha value is -2.28. The van der Waals surface area contributed by atoms with E-state index in [2.05, 4.69) is 5.32 Å². The fraction of sp³-hybridized carbons (Fsp3) is 0.429. The van der Waals surface area contributed by atoms with Gasteiger partial charge in [0.1, 0.15) is 12.2 Å². The Morgan fingerprint density at radius 2 is 1.95 bits per heavy atom. The van der Waals surface area contributed by atoms with Gasteiger partial charge < -0.3 is 20.1 Å². The Morgan fingerprint density at radius 3 is 2.67 bits per heavy atom. The maximum atomic E-state index is 12.6. The summed E-state index contributed by atoms with van der Waals surface area (Å²) >= 11 is 0. The highest BCUT2D eigenvalue weighted by Gasteiger charge is 2.30. The van der Waals surface area contributed by atoms with Crippen molar-refractivity contribution in [2.24, 2.45) is 0 Å². The third-order valence-corrected chi connectivity index (χ3v) is 3.70. The number of benzene rings is 1. The normalized spacial score (nSPS) is 17.9. The lowest BCUT2D eigenvalue weighted by Crippen LogP contribution is -2.53. The molecule has 0 unspecified atom stereocenters. The highest BCUT2D eigenvalue weighted by atomic mass is 16.5. The van der Waals surface area contributed by atoms with Gasteiger partial charge in [0.2, 0.25) is 0 Å². The Kier molecular flexibility index (Phi) is 3.66. The van der Waals surface area contributed by atoms with Gasteiger partial charge in [-0.1, -0.05) is 6.07 Å². The van der Waals surface area contributed by atoms with Crippen LogP contribution in [0.25, 0.3) is 0 Å². The van der Waals surface area contributed by atoms with E-state index in [4.69, 9.17) is 4.74 Å². The Labute approximate surface area is 122 Å². The topological polar surface area (TPSA) is 82.1 Å². The number of carboxylic acid groups (broad SMARTS) is 1. The van der Waals surface area contributed by atoms with Crippen molar-refractivity contribution in [1.82, 2.24) is 10.2 Å². The van der Waals surface area contributed by atoms with Crippen LogP contribution in [0.1, 0.15) is 10.4 Å². The van der Waals surface area contributed by atoms with Gasteiger partial charge >= 0.3 is 12.0 Å². The minimum atomic E-state index is -1.05. The number of aromatic carboxylic acids is 1. The van der Waals surface area contributed by atoms with Gasteiger partial charge in [0.05, 0.1) is 12.2 Å². The number of ether oxygens (including phenoxy) is 1. The summed E-state index contributed by atoms with van der Waals surface area (Å²) in [6.07, 6.45) is 0. The molecule has 3 rings (SSSR count). The van der Waals surface area contributed by atoms with Crippen molar-refractivity contribution >= 4 is 17.7 Å². The molecule has 1 aromatic rings. The van der Waals surface area contributed by atoms with Crippen LogP contribution in [-0.2, 0) is 0 Å². The summed E-state index contributed by atoms with van der Waals surface area (Å²) in [5.41, 5.74) is 0.620. The fourth-order valence-corrected chi connectivity index (χ4v) is 2.64. The zero-order valence-electron chi connectivity index (χ0n) is 11.5. The smallest absolute Gasteiger partial charge is 0.339 e. The zero-order chi connectivity index (χ0) is 14.8. The van der Waals surface area contributed by atoms with Crippen LogP contribution in [0.4, 0.5) is 10.5 Å². The molecule has 112 valence electrons. The molecule has 1 saturated heterocycles. The van der Waals surface area contributed by atoms with Gasteiger partial charge in [-0.25, -0.2) is 9.59 Å². The van der Waals surface area contributed by atoms with Gasteiger partial charge in [-0.3, -0.25) is 4.90 Å². The van der Waals surface area contributed by atoms with Gasteiger partial charge in [-0.15, -0.1) is 0 Å². The molecule has 0 aliphatic carbocycles. The number of para-hydroxylation sites is 1. The minimum absolute atomic E-state index is 0.0883. The molecule has 0 saturated carbocycles. The summed E-state index contributed by atoms with van der Waals surface area (Å²) in [4.78, 5) is 27.3. The second-order valence-corrected chi connectivity index (χ2v) is 4.98. The first-order valence-corrected chi connectivity index (χ1v) is 6.95. The van der Waals surface area contributed by atoms with E-state index in [-0.39, 0.29) is 17.3 Å². The molecule has 0 atom stereocenters. The van der Waals surface area contributed by atoms with Crippen molar-refractivity contribution in [2.45, 2.75) is 0 Å². The molecule has 0 aromatic heterocycles. The predicted octanol–water partition coefficient (Wildman–Crippen LogP) is 0.609. The van der Waals surface area contributed by atoms with Gasteiger partial charge in [0, 0.05) is 26.2 Å². The summed E-state index contributed by atoms with van der Waals surface area (Å²) in [6, 6.07) is 4.75. The van der Waals surface area contributed by atoms with Crippen molar-refractivity contribution in [3.05, 3.63) is 23.8 Å². The lowest BCUT2D eigenvalue weighted by Gasteiger charge is -2.36. The molecule has 0 radical (unpaired) electrons. The number of rotatable bonds is 1. The van der Waals surface area contributed by atoms with E-state index < -0.39 is 5.97 Å².